The van der Waals surface area contributed by atoms with E-state index in [0.29, 0.717) is 18.9 Å². The number of likely N-dealkylation sites (tertiary alicyclic amines) is 1. The predicted octanol–water partition coefficient (Wildman–Crippen LogP) is 1.81. The quantitative estimate of drug-likeness (QED) is 0.763. The number of piperidine rings is 1. The van der Waals surface area contributed by atoms with Crippen molar-refractivity contribution < 1.29 is 14.6 Å². The Morgan fingerprint density at radius 3 is 2.78 bits per heavy atom. The summed E-state index contributed by atoms with van der Waals surface area (Å²) in [7, 11) is 3.46. The molecule has 1 aliphatic heterocycles. The van der Waals surface area contributed by atoms with E-state index in [1.165, 1.54) is 7.11 Å². The molecule has 0 aromatic rings. The van der Waals surface area contributed by atoms with E-state index >= 15 is 0 Å². The highest BCUT2D eigenvalue weighted by atomic mass is 16.5. The van der Waals surface area contributed by atoms with Gasteiger partial charge in [0.25, 0.3) is 0 Å². The Hall–Kier alpha value is -0.610. The molecule has 3 unspecified atom stereocenters. The van der Waals surface area contributed by atoms with E-state index in [9.17, 15) is 9.90 Å². The third kappa shape index (κ3) is 3.45. The lowest BCUT2D eigenvalue weighted by molar-refractivity contribution is -0.162. The minimum atomic E-state index is -0.895. The summed E-state index contributed by atoms with van der Waals surface area (Å²) in [6, 6.07) is 0.303. The summed E-state index contributed by atoms with van der Waals surface area (Å²) in [6.07, 6.45) is 3.99. The second kappa shape index (κ2) is 6.53. The monoisotopic (exact) mass is 257 g/mol. The first-order chi connectivity index (χ1) is 8.44. The van der Waals surface area contributed by atoms with Crippen molar-refractivity contribution >= 4 is 5.97 Å². The Labute approximate surface area is 110 Å². The smallest absolute Gasteiger partial charge is 0.311 e. The lowest BCUT2D eigenvalue weighted by atomic mass is 9.75. The molecule has 4 heteroatoms. The molecule has 0 aromatic carbocycles. The Morgan fingerprint density at radius 2 is 2.28 bits per heavy atom. The topological polar surface area (TPSA) is 49.8 Å². The lowest BCUT2D eigenvalue weighted by Crippen LogP contribution is -2.53. The number of aliphatic hydroxyl groups is 1. The van der Waals surface area contributed by atoms with Crippen LogP contribution >= 0.6 is 0 Å². The van der Waals surface area contributed by atoms with Gasteiger partial charge in [-0.15, -0.1) is 0 Å². The second-order valence-electron chi connectivity index (χ2n) is 5.61. The van der Waals surface area contributed by atoms with Crippen LogP contribution in [0.15, 0.2) is 0 Å². The molecule has 3 atom stereocenters. The first-order valence-corrected chi connectivity index (χ1v) is 6.95. The van der Waals surface area contributed by atoms with Crippen LogP contribution in [0.25, 0.3) is 0 Å². The summed E-state index contributed by atoms with van der Waals surface area (Å²) < 4.78 is 4.88. The van der Waals surface area contributed by atoms with Gasteiger partial charge in [-0.25, -0.2) is 0 Å². The number of methoxy groups -OCH3 is 1. The standard InChI is InChI=1S/C14H27NO3/c1-5-6-7-12(13(16)18-4)14(17)8-9-15(3)11(2)10-14/h11-12,17H,5-10H2,1-4H3. The Balaban J connectivity index is 2.79. The van der Waals surface area contributed by atoms with Gasteiger partial charge in [0.2, 0.25) is 0 Å². The molecule has 106 valence electrons. The third-order valence-electron chi connectivity index (χ3n) is 4.28. The highest BCUT2D eigenvalue weighted by molar-refractivity contribution is 5.73. The highest BCUT2D eigenvalue weighted by Crippen LogP contribution is 2.36. The molecule has 0 saturated carbocycles. The van der Waals surface area contributed by atoms with E-state index in [0.717, 1.165) is 25.8 Å². The number of rotatable bonds is 5. The fraction of sp³-hybridized carbons (Fsp3) is 0.929. The molecule has 4 nitrogen and oxygen atoms in total. The van der Waals surface area contributed by atoms with Gasteiger partial charge < -0.3 is 14.7 Å². The average Bonchev–Trinajstić information content (AvgIpc) is 2.34. The minimum Gasteiger partial charge on any atom is -0.469 e. The second-order valence-corrected chi connectivity index (χ2v) is 5.61. The number of carbonyl (C=O) groups is 1. The number of hydrogen-bond acceptors (Lipinski definition) is 4. The molecule has 0 amide bonds. The SMILES string of the molecule is CCCCC(C(=O)OC)C1(O)CCN(C)C(C)C1. The average molecular weight is 257 g/mol. The summed E-state index contributed by atoms with van der Waals surface area (Å²) in [5.41, 5.74) is -0.895. The predicted molar refractivity (Wildman–Crippen MR) is 71.3 cm³/mol. The number of carbonyl (C=O) groups excluding carboxylic acids is 1. The van der Waals surface area contributed by atoms with Crippen LogP contribution in [0.3, 0.4) is 0 Å². The molecule has 18 heavy (non-hydrogen) atoms. The fourth-order valence-electron chi connectivity index (χ4n) is 2.83. The van der Waals surface area contributed by atoms with Crippen molar-refractivity contribution in [3.05, 3.63) is 0 Å². The van der Waals surface area contributed by atoms with Gasteiger partial charge in [-0.1, -0.05) is 19.8 Å². The zero-order valence-electron chi connectivity index (χ0n) is 12.1. The van der Waals surface area contributed by atoms with Gasteiger partial charge in [0.15, 0.2) is 0 Å². The molecule has 1 fully saturated rings. The molecular formula is C14H27NO3. The Bertz CT molecular complexity index is 282. The summed E-state index contributed by atoms with van der Waals surface area (Å²) in [5, 5.41) is 10.8. The van der Waals surface area contributed by atoms with Gasteiger partial charge in [0, 0.05) is 12.6 Å². The fourth-order valence-corrected chi connectivity index (χ4v) is 2.83. The van der Waals surface area contributed by atoms with E-state index in [1.54, 1.807) is 0 Å². The maximum absolute atomic E-state index is 11.9. The van der Waals surface area contributed by atoms with Crippen LogP contribution in [0.4, 0.5) is 0 Å². The molecule has 0 aromatic heterocycles. The summed E-state index contributed by atoms with van der Waals surface area (Å²) >= 11 is 0. The third-order valence-corrected chi connectivity index (χ3v) is 4.28. The zero-order valence-corrected chi connectivity index (χ0v) is 12.1. The molecular weight excluding hydrogens is 230 g/mol. The number of ether oxygens (including phenoxy) is 1. The molecule has 1 rings (SSSR count). The maximum Gasteiger partial charge on any atom is 0.311 e. The number of unbranched alkanes of at least 4 members (excludes halogenated alkanes) is 1. The van der Waals surface area contributed by atoms with Crippen molar-refractivity contribution in [3.63, 3.8) is 0 Å². The van der Waals surface area contributed by atoms with Crippen molar-refractivity contribution in [2.45, 2.75) is 57.6 Å². The van der Waals surface area contributed by atoms with Gasteiger partial charge in [-0.3, -0.25) is 4.79 Å². The first kappa shape index (κ1) is 15.4. The molecule has 1 N–H and O–H groups in total. The van der Waals surface area contributed by atoms with E-state index in [4.69, 9.17) is 4.74 Å². The molecule has 0 spiro atoms. The number of hydrogen-bond donors (Lipinski definition) is 1. The zero-order chi connectivity index (χ0) is 13.8. The van der Waals surface area contributed by atoms with E-state index in [1.807, 2.05) is 0 Å². The normalized spacial score (nSPS) is 31.1. The Morgan fingerprint density at radius 1 is 1.61 bits per heavy atom. The van der Waals surface area contributed by atoms with Gasteiger partial charge in [-0.2, -0.15) is 0 Å². The molecule has 0 radical (unpaired) electrons. The number of esters is 1. The molecule has 0 aliphatic carbocycles. The van der Waals surface area contributed by atoms with E-state index in [2.05, 4.69) is 25.8 Å². The maximum atomic E-state index is 11.9. The van der Waals surface area contributed by atoms with E-state index in [-0.39, 0.29) is 11.9 Å². The van der Waals surface area contributed by atoms with Crippen LogP contribution in [0, 0.1) is 5.92 Å². The van der Waals surface area contributed by atoms with Crippen molar-refractivity contribution in [2.75, 3.05) is 20.7 Å². The molecule has 1 saturated heterocycles. The lowest BCUT2D eigenvalue weighted by Gasteiger charge is -2.44. The van der Waals surface area contributed by atoms with Crippen LogP contribution in [-0.2, 0) is 9.53 Å². The molecule has 0 bridgehead atoms. The van der Waals surface area contributed by atoms with Gasteiger partial charge >= 0.3 is 5.97 Å². The van der Waals surface area contributed by atoms with Crippen LogP contribution < -0.4 is 0 Å². The molecule has 1 heterocycles. The Kier molecular flexibility index (Phi) is 5.60. The van der Waals surface area contributed by atoms with Crippen molar-refractivity contribution in [1.82, 2.24) is 4.90 Å². The minimum absolute atomic E-state index is 0.261. The van der Waals surface area contributed by atoms with Crippen LogP contribution in [0.2, 0.25) is 0 Å². The van der Waals surface area contributed by atoms with Crippen LogP contribution in [-0.4, -0.2) is 48.3 Å². The first-order valence-electron chi connectivity index (χ1n) is 6.95. The van der Waals surface area contributed by atoms with Crippen molar-refractivity contribution in [2.24, 2.45) is 5.92 Å². The summed E-state index contributed by atoms with van der Waals surface area (Å²) in [5.74, 6) is -0.638. The summed E-state index contributed by atoms with van der Waals surface area (Å²) in [6.45, 7) is 5.02. The highest BCUT2D eigenvalue weighted by Gasteiger charge is 2.45. The van der Waals surface area contributed by atoms with Crippen LogP contribution in [0.5, 0.6) is 0 Å². The van der Waals surface area contributed by atoms with E-state index < -0.39 is 5.60 Å². The summed E-state index contributed by atoms with van der Waals surface area (Å²) in [4.78, 5) is 14.1. The van der Waals surface area contributed by atoms with Gasteiger partial charge in [0.1, 0.15) is 0 Å². The van der Waals surface area contributed by atoms with Crippen LogP contribution in [0.1, 0.15) is 46.0 Å². The van der Waals surface area contributed by atoms with Crippen molar-refractivity contribution in [1.29, 1.82) is 0 Å². The largest absolute Gasteiger partial charge is 0.469 e. The van der Waals surface area contributed by atoms with Crippen molar-refractivity contribution in [3.8, 4) is 0 Å². The molecule has 1 aliphatic rings. The number of nitrogens with zero attached hydrogens (tertiary/aromatic N) is 1. The van der Waals surface area contributed by atoms with Gasteiger partial charge in [0.05, 0.1) is 18.6 Å². The van der Waals surface area contributed by atoms with Gasteiger partial charge in [-0.05, 0) is 33.2 Å².